The molecule has 0 heterocycles. The van der Waals surface area contributed by atoms with Crippen LogP contribution in [0.4, 0.5) is 0 Å². The Morgan fingerprint density at radius 1 is 1.46 bits per heavy atom. The molecular formula is C10H14INO. The summed E-state index contributed by atoms with van der Waals surface area (Å²) in [7, 11) is 1.89. The quantitative estimate of drug-likeness (QED) is 0.821. The fraction of sp³-hybridized carbons (Fsp3) is 0.400. The monoisotopic (exact) mass is 291 g/mol. The lowest BCUT2D eigenvalue weighted by atomic mass is 10.0. The summed E-state index contributed by atoms with van der Waals surface area (Å²) in [5.74, 6) is 0.396. The Balaban J connectivity index is 3.20. The van der Waals surface area contributed by atoms with Gasteiger partial charge >= 0.3 is 0 Å². The zero-order valence-electron chi connectivity index (χ0n) is 8.06. The van der Waals surface area contributed by atoms with E-state index < -0.39 is 0 Å². The highest BCUT2D eigenvalue weighted by Crippen LogP contribution is 2.30. The fourth-order valence-corrected chi connectivity index (χ4v) is 2.05. The summed E-state index contributed by atoms with van der Waals surface area (Å²) in [6.45, 7) is 4.07. The van der Waals surface area contributed by atoms with Gasteiger partial charge in [-0.15, -0.1) is 0 Å². The molecule has 0 bridgehead atoms. The number of aryl methyl sites for hydroxylation is 1. The number of hydrogen-bond donors (Lipinski definition) is 2. The van der Waals surface area contributed by atoms with Gasteiger partial charge in [0.15, 0.2) is 0 Å². The van der Waals surface area contributed by atoms with E-state index in [1.807, 2.05) is 33.0 Å². The predicted octanol–water partition coefficient (Wildman–Crippen LogP) is 2.59. The molecule has 0 saturated carbocycles. The van der Waals surface area contributed by atoms with Crippen molar-refractivity contribution in [1.29, 1.82) is 0 Å². The van der Waals surface area contributed by atoms with E-state index in [1.165, 1.54) is 5.56 Å². The fourth-order valence-electron chi connectivity index (χ4n) is 1.25. The molecule has 0 amide bonds. The molecule has 1 atom stereocenters. The van der Waals surface area contributed by atoms with Crippen LogP contribution in [-0.4, -0.2) is 12.2 Å². The van der Waals surface area contributed by atoms with Crippen molar-refractivity contribution in [2.75, 3.05) is 7.05 Å². The summed E-state index contributed by atoms with van der Waals surface area (Å²) in [6.07, 6.45) is 0. The van der Waals surface area contributed by atoms with Crippen LogP contribution in [0.5, 0.6) is 5.75 Å². The first-order valence-electron chi connectivity index (χ1n) is 4.22. The van der Waals surface area contributed by atoms with Crippen molar-refractivity contribution < 1.29 is 5.11 Å². The third-order valence-corrected chi connectivity index (χ3v) is 2.96. The summed E-state index contributed by atoms with van der Waals surface area (Å²) in [5, 5.41) is 12.9. The van der Waals surface area contributed by atoms with E-state index in [4.69, 9.17) is 0 Å². The Bertz CT molecular complexity index is 312. The van der Waals surface area contributed by atoms with E-state index in [0.29, 0.717) is 5.75 Å². The van der Waals surface area contributed by atoms with Gasteiger partial charge in [-0.05, 0) is 55.1 Å². The van der Waals surface area contributed by atoms with Crippen molar-refractivity contribution in [3.63, 3.8) is 0 Å². The molecule has 0 spiro atoms. The summed E-state index contributed by atoms with van der Waals surface area (Å²) >= 11 is 2.15. The zero-order valence-corrected chi connectivity index (χ0v) is 10.2. The van der Waals surface area contributed by atoms with Crippen molar-refractivity contribution in [2.24, 2.45) is 0 Å². The van der Waals surface area contributed by atoms with Crippen LogP contribution in [0.1, 0.15) is 24.1 Å². The Labute approximate surface area is 92.5 Å². The van der Waals surface area contributed by atoms with Crippen LogP contribution in [0.2, 0.25) is 0 Å². The molecule has 1 aromatic rings. The van der Waals surface area contributed by atoms with Crippen LogP contribution >= 0.6 is 22.6 Å². The summed E-state index contributed by atoms with van der Waals surface area (Å²) in [4.78, 5) is 0. The predicted molar refractivity (Wildman–Crippen MR) is 63.0 cm³/mol. The molecule has 0 aromatic heterocycles. The van der Waals surface area contributed by atoms with Crippen LogP contribution in [-0.2, 0) is 0 Å². The van der Waals surface area contributed by atoms with Crippen LogP contribution < -0.4 is 5.32 Å². The minimum atomic E-state index is 0.188. The molecular weight excluding hydrogens is 277 g/mol. The number of hydrogen-bond acceptors (Lipinski definition) is 2. The number of phenolic OH excluding ortho intramolecular Hbond substituents is 1. The minimum absolute atomic E-state index is 0.188. The Morgan fingerprint density at radius 2 is 2.08 bits per heavy atom. The maximum atomic E-state index is 9.78. The lowest BCUT2D eigenvalue weighted by Crippen LogP contribution is -2.12. The first-order chi connectivity index (χ1) is 6.06. The molecule has 1 aromatic carbocycles. The van der Waals surface area contributed by atoms with E-state index in [9.17, 15) is 5.11 Å². The van der Waals surface area contributed by atoms with E-state index in [0.717, 1.165) is 9.13 Å². The maximum absolute atomic E-state index is 9.78. The number of benzene rings is 1. The molecule has 0 radical (unpaired) electrons. The standard InChI is InChI=1S/C10H14INO/c1-6-4-8(7(2)12-3)10(13)9(11)5-6/h4-5,7,12-13H,1-3H3. The van der Waals surface area contributed by atoms with Gasteiger partial charge < -0.3 is 10.4 Å². The van der Waals surface area contributed by atoms with Crippen LogP contribution in [0.3, 0.4) is 0 Å². The van der Waals surface area contributed by atoms with Crippen LogP contribution in [0.25, 0.3) is 0 Å². The highest BCUT2D eigenvalue weighted by molar-refractivity contribution is 14.1. The van der Waals surface area contributed by atoms with Gasteiger partial charge in [-0.3, -0.25) is 0 Å². The lowest BCUT2D eigenvalue weighted by molar-refractivity contribution is 0.454. The highest BCUT2D eigenvalue weighted by atomic mass is 127. The molecule has 3 heteroatoms. The molecule has 0 saturated heterocycles. The number of nitrogens with one attached hydrogen (secondary N) is 1. The topological polar surface area (TPSA) is 32.3 Å². The molecule has 2 N–H and O–H groups in total. The molecule has 0 fully saturated rings. The first-order valence-corrected chi connectivity index (χ1v) is 5.30. The third-order valence-electron chi connectivity index (χ3n) is 2.14. The third kappa shape index (κ3) is 2.34. The van der Waals surface area contributed by atoms with Gasteiger partial charge in [-0.1, -0.05) is 6.07 Å². The largest absolute Gasteiger partial charge is 0.506 e. The molecule has 1 rings (SSSR count). The van der Waals surface area contributed by atoms with E-state index in [1.54, 1.807) is 0 Å². The maximum Gasteiger partial charge on any atom is 0.133 e. The van der Waals surface area contributed by atoms with Gasteiger partial charge in [0.1, 0.15) is 5.75 Å². The average Bonchev–Trinajstić information content (AvgIpc) is 2.10. The van der Waals surface area contributed by atoms with Gasteiger partial charge in [0.2, 0.25) is 0 Å². The first kappa shape index (κ1) is 10.8. The Kier molecular flexibility index (Phi) is 3.55. The second-order valence-electron chi connectivity index (χ2n) is 3.19. The number of halogens is 1. The summed E-state index contributed by atoms with van der Waals surface area (Å²) in [5.41, 5.74) is 2.14. The van der Waals surface area contributed by atoms with Crippen molar-refractivity contribution in [3.8, 4) is 5.75 Å². The lowest BCUT2D eigenvalue weighted by Gasteiger charge is -2.14. The number of aromatic hydroxyl groups is 1. The second kappa shape index (κ2) is 4.28. The van der Waals surface area contributed by atoms with Crippen LogP contribution in [0.15, 0.2) is 12.1 Å². The van der Waals surface area contributed by atoms with Crippen molar-refractivity contribution in [1.82, 2.24) is 5.32 Å². The minimum Gasteiger partial charge on any atom is -0.506 e. The van der Waals surface area contributed by atoms with Gasteiger partial charge in [-0.25, -0.2) is 0 Å². The number of rotatable bonds is 2. The van der Waals surface area contributed by atoms with E-state index in [2.05, 4.69) is 27.9 Å². The summed E-state index contributed by atoms with van der Waals surface area (Å²) < 4.78 is 0.912. The van der Waals surface area contributed by atoms with Gasteiger partial charge in [0.05, 0.1) is 3.57 Å². The van der Waals surface area contributed by atoms with Gasteiger partial charge in [-0.2, -0.15) is 0 Å². The normalized spacial score (nSPS) is 12.9. The van der Waals surface area contributed by atoms with Crippen molar-refractivity contribution in [2.45, 2.75) is 19.9 Å². The molecule has 0 aliphatic rings. The highest BCUT2D eigenvalue weighted by Gasteiger charge is 2.11. The SMILES string of the molecule is CNC(C)c1cc(C)cc(I)c1O. The number of phenols is 1. The van der Waals surface area contributed by atoms with Crippen molar-refractivity contribution >= 4 is 22.6 Å². The smallest absolute Gasteiger partial charge is 0.133 e. The van der Waals surface area contributed by atoms with E-state index in [-0.39, 0.29) is 6.04 Å². The van der Waals surface area contributed by atoms with Gasteiger partial charge in [0, 0.05) is 11.6 Å². The molecule has 1 unspecified atom stereocenters. The zero-order chi connectivity index (χ0) is 10.0. The average molecular weight is 291 g/mol. The Hall–Kier alpha value is -0.290. The Morgan fingerprint density at radius 3 is 2.62 bits per heavy atom. The molecule has 2 nitrogen and oxygen atoms in total. The van der Waals surface area contributed by atoms with E-state index >= 15 is 0 Å². The second-order valence-corrected chi connectivity index (χ2v) is 4.36. The van der Waals surface area contributed by atoms with Crippen molar-refractivity contribution in [3.05, 3.63) is 26.8 Å². The molecule has 72 valence electrons. The molecule has 0 aliphatic heterocycles. The van der Waals surface area contributed by atoms with Crippen LogP contribution in [0, 0.1) is 10.5 Å². The molecule has 0 aliphatic carbocycles. The summed E-state index contributed by atoms with van der Waals surface area (Å²) in [6, 6.07) is 4.17. The molecule has 13 heavy (non-hydrogen) atoms. The van der Waals surface area contributed by atoms with Gasteiger partial charge in [0.25, 0.3) is 0 Å².